The van der Waals surface area contributed by atoms with Gasteiger partial charge < -0.3 is 4.57 Å². The second kappa shape index (κ2) is 5.34. The first-order valence-electron chi connectivity index (χ1n) is 7.83. The maximum Gasteiger partial charge on any atom is 0.0486 e. The van der Waals surface area contributed by atoms with Crippen molar-refractivity contribution in [3.8, 4) is 0 Å². The zero-order valence-corrected chi connectivity index (χ0v) is 12.8. The molecule has 0 fully saturated rings. The second-order valence-electron chi connectivity index (χ2n) is 5.97. The fourth-order valence-corrected chi connectivity index (χ4v) is 3.31. The summed E-state index contributed by atoms with van der Waals surface area (Å²) in [5, 5.41) is 0. The molecule has 1 aliphatic heterocycles. The smallest absolute Gasteiger partial charge is 0.0486 e. The lowest BCUT2D eigenvalue weighted by molar-refractivity contribution is 0.702. The fraction of sp³-hybridized carbons (Fsp3) is 0.143. The molecule has 22 heavy (non-hydrogen) atoms. The van der Waals surface area contributed by atoms with Crippen molar-refractivity contribution in [1.82, 2.24) is 4.57 Å². The first-order chi connectivity index (χ1) is 10.8. The van der Waals surface area contributed by atoms with Crippen LogP contribution in [0.2, 0.25) is 0 Å². The van der Waals surface area contributed by atoms with E-state index in [1.165, 1.54) is 33.5 Å². The van der Waals surface area contributed by atoms with E-state index in [4.69, 9.17) is 0 Å². The Morgan fingerprint density at radius 1 is 0.955 bits per heavy atom. The molecule has 1 aliphatic rings. The van der Waals surface area contributed by atoms with E-state index in [2.05, 4.69) is 84.4 Å². The van der Waals surface area contributed by atoms with Crippen LogP contribution in [0.25, 0.3) is 11.6 Å². The second-order valence-corrected chi connectivity index (χ2v) is 5.97. The van der Waals surface area contributed by atoms with Crippen molar-refractivity contribution in [3.05, 3.63) is 94.8 Å². The quantitative estimate of drug-likeness (QED) is 0.596. The van der Waals surface area contributed by atoms with Crippen LogP contribution < -0.4 is 0 Å². The number of aromatic nitrogens is 1. The third-order valence-electron chi connectivity index (χ3n) is 4.39. The summed E-state index contributed by atoms with van der Waals surface area (Å²) in [6.07, 6.45) is 5.59. The van der Waals surface area contributed by atoms with Crippen molar-refractivity contribution < 1.29 is 0 Å². The predicted octanol–water partition coefficient (Wildman–Crippen LogP) is 4.94. The minimum Gasteiger partial charge on any atom is -0.347 e. The van der Waals surface area contributed by atoms with E-state index in [9.17, 15) is 0 Å². The van der Waals surface area contributed by atoms with Crippen LogP contribution in [0.4, 0.5) is 0 Å². The lowest BCUT2D eigenvalue weighted by Gasteiger charge is -2.10. The van der Waals surface area contributed by atoms with Crippen molar-refractivity contribution in [2.75, 3.05) is 0 Å². The summed E-state index contributed by atoms with van der Waals surface area (Å²) in [5.41, 5.74) is 7.99. The molecule has 1 heteroatoms. The zero-order valence-electron chi connectivity index (χ0n) is 12.8. The molecule has 1 nitrogen and oxygen atoms in total. The summed E-state index contributed by atoms with van der Waals surface area (Å²) >= 11 is 0. The third kappa shape index (κ3) is 2.29. The molecule has 0 radical (unpaired) electrons. The molecule has 0 spiro atoms. The van der Waals surface area contributed by atoms with Gasteiger partial charge in [-0.1, -0.05) is 54.1 Å². The highest BCUT2D eigenvalue weighted by atomic mass is 15.0. The molecule has 0 atom stereocenters. The molecule has 0 bridgehead atoms. The Bertz CT molecular complexity index is 852. The topological polar surface area (TPSA) is 4.93 Å². The maximum absolute atomic E-state index is 2.36. The van der Waals surface area contributed by atoms with Crippen LogP contribution in [-0.4, -0.2) is 4.57 Å². The van der Waals surface area contributed by atoms with Gasteiger partial charge in [0.2, 0.25) is 0 Å². The molecular weight excluding hydrogens is 266 g/mol. The number of hydrogen-bond donors (Lipinski definition) is 0. The normalized spacial score (nSPS) is 15.2. The minimum absolute atomic E-state index is 1.05. The average molecular weight is 285 g/mol. The first kappa shape index (κ1) is 13.1. The van der Waals surface area contributed by atoms with E-state index in [0.717, 1.165) is 13.0 Å². The number of rotatable bonds is 1. The van der Waals surface area contributed by atoms with E-state index >= 15 is 0 Å². The lowest BCUT2D eigenvalue weighted by Crippen LogP contribution is -1.99. The number of benzene rings is 2. The monoisotopic (exact) mass is 285 g/mol. The van der Waals surface area contributed by atoms with Crippen LogP contribution in [0.3, 0.4) is 0 Å². The van der Waals surface area contributed by atoms with Gasteiger partial charge in [0.25, 0.3) is 0 Å². The highest BCUT2D eigenvalue weighted by Crippen LogP contribution is 2.32. The standard InChI is InChI=1S/C21H19N/c1-16-6-4-7-17(14-16)15-20-19-9-3-2-8-18(19)11-13-22-12-5-10-21(20)22/h2-10,12,14-15H,11,13H2,1H3/b20-15-. The number of fused-ring (bicyclic) bond motifs is 2. The maximum atomic E-state index is 2.36. The first-order valence-corrected chi connectivity index (χ1v) is 7.83. The molecule has 1 aromatic heterocycles. The van der Waals surface area contributed by atoms with Crippen molar-refractivity contribution in [2.24, 2.45) is 0 Å². The van der Waals surface area contributed by atoms with Gasteiger partial charge in [-0.25, -0.2) is 0 Å². The lowest BCUT2D eigenvalue weighted by atomic mass is 9.95. The van der Waals surface area contributed by atoms with Crippen molar-refractivity contribution in [1.29, 1.82) is 0 Å². The molecule has 2 aromatic carbocycles. The summed E-state index contributed by atoms with van der Waals surface area (Å²) in [6, 6.07) is 21.9. The van der Waals surface area contributed by atoms with Gasteiger partial charge in [0, 0.05) is 24.0 Å². The fourth-order valence-electron chi connectivity index (χ4n) is 3.31. The molecule has 3 aromatic rings. The van der Waals surface area contributed by atoms with Crippen LogP contribution >= 0.6 is 0 Å². The molecule has 0 unspecified atom stereocenters. The Labute approximate surface area is 131 Å². The van der Waals surface area contributed by atoms with E-state index < -0.39 is 0 Å². The third-order valence-corrected chi connectivity index (χ3v) is 4.39. The zero-order chi connectivity index (χ0) is 14.9. The summed E-state index contributed by atoms with van der Waals surface area (Å²) < 4.78 is 2.36. The number of aryl methyl sites for hydroxylation is 3. The van der Waals surface area contributed by atoms with Gasteiger partial charge in [-0.15, -0.1) is 0 Å². The van der Waals surface area contributed by atoms with Crippen molar-refractivity contribution in [2.45, 2.75) is 19.9 Å². The Kier molecular flexibility index (Phi) is 3.19. The minimum atomic E-state index is 1.05. The molecule has 0 N–H and O–H groups in total. The molecule has 0 saturated heterocycles. The summed E-state index contributed by atoms with van der Waals surface area (Å²) in [7, 11) is 0. The van der Waals surface area contributed by atoms with E-state index in [-0.39, 0.29) is 0 Å². The van der Waals surface area contributed by atoms with Gasteiger partial charge in [0.15, 0.2) is 0 Å². The average Bonchev–Trinajstić information content (AvgIpc) is 2.94. The molecule has 0 aliphatic carbocycles. The molecule has 0 amide bonds. The predicted molar refractivity (Wildman–Crippen MR) is 92.7 cm³/mol. The Morgan fingerprint density at radius 2 is 1.86 bits per heavy atom. The van der Waals surface area contributed by atoms with E-state index in [0.29, 0.717) is 0 Å². The van der Waals surface area contributed by atoms with Crippen LogP contribution in [0.15, 0.2) is 66.9 Å². The van der Waals surface area contributed by atoms with Gasteiger partial charge in [-0.05, 0) is 48.2 Å². The molecular formula is C21H19N. The molecule has 2 heterocycles. The largest absolute Gasteiger partial charge is 0.347 e. The number of hydrogen-bond acceptors (Lipinski definition) is 0. The van der Waals surface area contributed by atoms with Crippen LogP contribution in [-0.2, 0) is 13.0 Å². The van der Waals surface area contributed by atoms with Gasteiger partial charge in [0.05, 0.1) is 0 Å². The van der Waals surface area contributed by atoms with Crippen LogP contribution in [0, 0.1) is 6.92 Å². The SMILES string of the molecule is Cc1cccc(/C=C2/c3ccccc3CCn3cccc32)c1. The summed E-state index contributed by atoms with van der Waals surface area (Å²) in [4.78, 5) is 0. The molecule has 108 valence electrons. The van der Waals surface area contributed by atoms with E-state index in [1.807, 2.05) is 0 Å². The molecule has 0 saturated carbocycles. The van der Waals surface area contributed by atoms with Gasteiger partial charge >= 0.3 is 0 Å². The van der Waals surface area contributed by atoms with Crippen molar-refractivity contribution in [3.63, 3.8) is 0 Å². The van der Waals surface area contributed by atoms with Gasteiger partial charge in [-0.3, -0.25) is 0 Å². The van der Waals surface area contributed by atoms with Crippen LogP contribution in [0.1, 0.15) is 27.9 Å². The summed E-state index contributed by atoms with van der Waals surface area (Å²) in [5.74, 6) is 0. The number of nitrogens with zero attached hydrogens (tertiary/aromatic N) is 1. The highest BCUT2D eigenvalue weighted by Gasteiger charge is 2.17. The Morgan fingerprint density at radius 3 is 2.77 bits per heavy atom. The molecule has 4 rings (SSSR count). The highest BCUT2D eigenvalue weighted by molar-refractivity contribution is 5.92. The Hall–Kier alpha value is -2.54. The Balaban J connectivity index is 1.95. The van der Waals surface area contributed by atoms with Crippen LogP contribution in [0.5, 0.6) is 0 Å². The van der Waals surface area contributed by atoms with E-state index in [1.54, 1.807) is 0 Å². The van der Waals surface area contributed by atoms with Crippen molar-refractivity contribution >= 4 is 11.6 Å². The summed E-state index contributed by atoms with van der Waals surface area (Å²) in [6.45, 7) is 3.19. The van der Waals surface area contributed by atoms with Gasteiger partial charge in [0.1, 0.15) is 0 Å². The van der Waals surface area contributed by atoms with Gasteiger partial charge in [-0.2, -0.15) is 0 Å².